The average Bonchev–Trinajstić information content (AvgIpc) is 3.30. The normalized spacial score (nSPS) is 12.3. The van der Waals surface area contributed by atoms with Gasteiger partial charge in [0.25, 0.3) is 11.8 Å². The fraction of sp³-hybridized carbons (Fsp3) is 0.171. The van der Waals surface area contributed by atoms with Crippen molar-refractivity contribution in [2.24, 2.45) is 0 Å². The molecule has 0 fully saturated rings. The monoisotopic (exact) mass is 571 g/mol. The molecule has 1 N–H and O–H groups in total. The van der Waals surface area contributed by atoms with Crippen LogP contribution in [-0.2, 0) is 19.6 Å². The first kappa shape index (κ1) is 27.9. The molecular weight excluding hydrogens is 538 g/mol. The Bertz CT molecular complexity index is 1790. The number of carbonyl (C=O) groups excluding carboxylic acids is 2. The summed E-state index contributed by atoms with van der Waals surface area (Å²) in [6.07, 6.45) is 1.70. The van der Waals surface area contributed by atoms with Gasteiger partial charge < -0.3 is 24.4 Å². The van der Waals surface area contributed by atoms with E-state index in [-0.39, 0.29) is 11.8 Å². The van der Waals surface area contributed by atoms with E-state index in [1.807, 2.05) is 59.5 Å². The fourth-order valence-electron chi connectivity index (χ4n) is 5.58. The Labute approximate surface area is 251 Å². The molecule has 0 spiro atoms. The molecule has 0 radical (unpaired) electrons. The van der Waals surface area contributed by atoms with Crippen molar-refractivity contribution in [1.29, 1.82) is 0 Å². The first-order chi connectivity index (χ1) is 20.9. The van der Waals surface area contributed by atoms with Crippen LogP contribution in [0.25, 0.3) is 11.3 Å². The lowest BCUT2D eigenvalue weighted by Gasteiger charge is -2.24. The Hall–Kier alpha value is -5.21. The van der Waals surface area contributed by atoms with Crippen LogP contribution in [0.3, 0.4) is 0 Å². The molecule has 6 rings (SSSR count). The average molecular weight is 572 g/mol. The molecule has 1 aliphatic rings. The number of nitrogens with one attached hydrogen (secondary N) is 1. The maximum atomic E-state index is 14.2. The number of amides is 2. The van der Waals surface area contributed by atoms with Crippen LogP contribution in [0.1, 0.15) is 37.7 Å². The van der Waals surface area contributed by atoms with Gasteiger partial charge in [-0.1, -0.05) is 42.5 Å². The maximum Gasteiger partial charge on any atom is 0.262 e. The molecule has 0 saturated carbocycles. The number of fused-ring (bicyclic) bond motifs is 2. The zero-order valence-corrected chi connectivity index (χ0v) is 24.4. The molecule has 3 aromatic carbocycles. The lowest BCUT2D eigenvalue weighted by atomic mass is 10.0. The van der Waals surface area contributed by atoms with Gasteiger partial charge in [-0.05, 0) is 68.2 Å². The summed E-state index contributed by atoms with van der Waals surface area (Å²) in [5.74, 6) is -0.0733. The molecule has 0 unspecified atom stereocenters. The molecule has 3 heterocycles. The van der Waals surface area contributed by atoms with Crippen LogP contribution in [0.4, 0.5) is 11.4 Å². The van der Waals surface area contributed by atoms with E-state index in [4.69, 9.17) is 4.74 Å². The number of anilines is 2. The lowest BCUT2D eigenvalue weighted by molar-refractivity contribution is 0.0981. The van der Waals surface area contributed by atoms with Crippen LogP contribution in [0.5, 0.6) is 5.75 Å². The molecule has 1 aliphatic heterocycles. The number of para-hydroxylation sites is 1. The Morgan fingerprint density at radius 3 is 2.47 bits per heavy atom. The van der Waals surface area contributed by atoms with Gasteiger partial charge in [0, 0.05) is 59.2 Å². The van der Waals surface area contributed by atoms with Crippen molar-refractivity contribution in [2.75, 3.05) is 31.4 Å². The number of methoxy groups -OCH3 is 1. The summed E-state index contributed by atoms with van der Waals surface area (Å²) in [4.78, 5) is 35.9. The van der Waals surface area contributed by atoms with Gasteiger partial charge in [0.05, 0.1) is 24.9 Å². The van der Waals surface area contributed by atoms with E-state index in [0.717, 1.165) is 29.1 Å². The highest BCUT2D eigenvalue weighted by atomic mass is 16.5. The van der Waals surface area contributed by atoms with Crippen molar-refractivity contribution < 1.29 is 14.3 Å². The van der Waals surface area contributed by atoms with Crippen molar-refractivity contribution in [3.8, 4) is 17.0 Å². The van der Waals surface area contributed by atoms with Crippen LogP contribution in [0.2, 0.25) is 0 Å². The number of benzene rings is 3. The highest BCUT2D eigenvalue weighted by molar-refractivity contribution is 6.10. The summed E-state index contributed by atoms with van der Waals surface area (Å²) in [5.41, 5.74) is 7.09. The summed E-state index contributed by atoms with van der Waals surface area (Å²) < 4.78 is 7.99. The predicted octanol–water partition coefficient (Wildman–Crippen LogP) is 6.08. The molecule has 8 nitrogen and oxygen atoms in total. The summed E-state index contributed by atoms with van der Waals surface area (Å²) >= 11 is 0. The van der Waals surface area contributed by atoms with Crippen LogP contribution in [0, 0.1) is 0 Å². The Balaban J connectivity index is 1.29. The molecule has 2 amide bonds. The number of pyridine rings is 1. The number of nitrogens with zero attached hydrogens (tertiary/aromatic N) is 4. The zero-order chi connectivity index (χ0) is 29.9. The van der Waals surface area contributed by atoms with Crippen molar-refractivity contribution in [2.45, 2.75) is 19.6 Å². The Morgan fingerprint density at radius 1 is 0.884 bits per heavy atom. The minimum Gasteiger partial charge on any atom is -0.496 e. The predicted molar refractivity (Wildman–Crippen MR) is 169 cm³/mol. The van der Waals surface area contributed by atoms with Crippen molar-refractivity contribution in [3.63, 3.8) is 0 Å². The van der Waals surface area contributed by atoms with Crippen LogP contribution >= 0.6 is 0 Å². The third kappa shape index (κ3) is 5.65. The van der Waals surface area contributed by atoms with Gasteiger partial charge in [-0.2, -0.15) is 0 Å². The van der Waals surface area contributed by atoms with E-state index >= 15 is 0 Å². The van der Waals surface area contributed by atoms with Crippen molar-refractivity contribution in [3.05, 3.63) is 131 Å². The molecule has 2 aromatic heterocycles. The fourth-order valence-corrected chi connectivity index (χ4v) is 5.58. The molecular formula is C35H33N5O3. The summed E-state index contributed by atoms with van der Waals surface area (Å²) in [6.45, 7) is 1.92. The number of hydrogen-bond donors (Lipinski definition) is 1. The standard InChI is InChI=1S/C35H33N5O3/c1-38(2)22-26-16-17-27-23-40(32-14-7-4-10-24(32)21-39(26)27)35(42)30-18-15-25(20-33(30)43-3)37-34(41)29-12-6-5-11-28(29)31-13-8-9-19-36-31/h4-20H,21-23H2,1-3H3,(H,37,41). The molecule has 216 valence electrons. The first-order valence-electron chi connectivity index (χ1n) is 14.1. The van der Waals surface area contributed by atoms with Gasteiger partial charge in [-0.25, -0.2) is 0 Å². The Kier molecular flexibility index (Phi) is 7.77. The third-order valence-electron chi connectivity index (χ3n) is 7.62. The quantitative estimate of drug-likeness (QED) is 0.256. The van der Waals surface area contributed by atoms with E-state index in [2.05, 4.69) is 52.1 Å². The van der Waals surface area contributed by atoms with E-state index in [1.54, 1.807) is 30.5 Å². The minimum atomic E-state index is -0.280. The largest absolute Gasteiger partial charge is 0.496 e. The number of rotatable bonds is 7. The maximum absolute atomic E-state index is 14.2. The van der Waals surface area contributed by atoms with Crippen molar-refractivity contribution in [1.82, 2.24) is 14.5 Å². The summed E-state index contributed by atoms with van der Waals surface area (Å²) in [5, 5.41) is 2.97. The van der Waals surface area contributed by atoms with Gasteiger partial charge in [0.15, 0.2) is 0 Å². The summed E-state index contributed by atoms with van der Waals surface area (Å²) in [7, 11) is 5.64. The zero-order valence-electron chi connectivity index (χ0n) is 24.4. The topological polar surface area (TPSA) is 79.7 Å². The third-order valence-corrected chi connectivity index (χ3v) is 7.62. The van der Waals surface area contributed by atoms with E-state index in [9.17, 15) is 9.59 Å². The number of aromatic nitrogens is 2. The van der Waals surface area contributed by atoms with Crippen LogP contribution < -0.4 is 15.0 Å². The molecule has 0 atom stereocenters. The highest BCUT2D eigenvalue weighted by Gasteiger charge is 2.28. The van der Waals surface area contributed by atoms with Crippen LogP contribution in [0.15, 0.2) is 103 Å². The second-order valence-electron chi connectivity index (χ2n) is 10.8. The second-order valence-corrected chi connectivity index (χ2v) is 10.8. The van der Waals surface area contributed by atoms with Gasteiger partial charge in [0.2, 0.25) is 0 Å². The number of hydrogen-bond acceptors (Lipinski definition) is 5. The van der Waals surface area contributed by atoms with Crippen LogP contribution in [-0.4, -0.2) is 47.5 Å². The molecule has 8 heteroatoms. The smallest absolute Gasteiger partial charge is 0.262 e. The van der Waals surface area contributed by atoms with Gasteiger partial charge in [-0.15, -0.1) is 0 Å². The van der Waals surface area contributed by atoms with E-state index in [0.29, 0.717) is 41.3 Å². The Morgan fingerprint density at radius 2 is 1.67 bits per heavy atom. The van der Waals surface area contributed by atoms with Gasteiger partial charge in [-0.3, -0.25) is 14.6 Å². The number of carbonyl (C=O) groups is 2. The molecule has 0 saturated heterocycles. The first-order valence-corrected chi connectivity index (χ1v) is 14.1. The second kappa shape index (κ2) is 12.0. The lowest BCUT2D eigenvalue weighted by Crippen LogP contribution is -2.31. The minimum absolute atomic E-state index is 0.175. The SMILES string of the molecule is COc1cc(NC(=O)c2ccccc2-c2ccccn2)ccc1C(=O)N1Cc2ccc(CN(C)C)n2Cc2ccccc21. The number of ether oxygens (including phenoxy) is 1. The van der Waals surface area contributed by atoms with Gasteiger partial charge in [0.1, 0.15) is 5.75 Å². The van der Waals surface area contributed by atoms with E-state index < -0.39 is 0 Å². The summed E-state index contributed by atoms with van der Waals surface area (Å²) in [6, 6.07) is 30.3. The molecule has 0 bridgehead atoms. The molecule has 0 aliphatic carbocycles. The van der Waals surface area contributed by atoms with Gasteiger partial charge >= 0.3 is 0 Å². The van der Waals surface area contributed by atoms with Crippen molar-refractivity contribution >= 4 is 23.2 Å². The highest BCUT2D eigenvalue weighted by Crippen LogP contribution is 2.33. The molecule has 5 aromatic rings. The molecule has 43 heavy (non-hydrogen) atoms. The van der Waals surface area contributed by atoms with E-state index in [1.165, 1.54) is 12.8 Å².